The van der Waals surface area contributed by atoms with Gasteiger partial charge < -0.3 is 5.32 Å². The van der Waals surface area contributed by atoms with E-state index in [1.54, 1.807) is 0 Å². The first-order valence-corrected chi connectivity index (χ1v) is 8.22. The Balaban J connectivity index is 1.63. The average Bonchev–Trinajstić information content (AvgIpc) is 2.40. The van der Waals surface area contributed by atoms with Crippen molar-refractivity contribution in [2.45, 2.75) is 64.3 Å². The molecule has 0 aromatic carbocycles. The van der Waals surface area contributed by atoms with E-state index in [9.17, 15) is 0 Å². The predicted molar refractivity (Wildman–Crippen MR) is 76.8 cm³/mol. The molecule has 2 heteroatoms. The summed E-state index contributed by atoms with van der Waals surface area (Å²) in [6.07, 6.45) is 11.7. The normalized spacial score (nSPS) is 42.5. The largest absolute Gasteiger partial charge is 0.316 e. The lowest BCUT2D eigenvalue weighted by atomic mass is 9.76. The average molecular weight is 250 g/mol. The number of rotatable bonds is 2. The van der Waals surface area contributed by atoms with Gasteiger partial charge in [0.15, 0.2) is 0 Å². The smallest absolute Gasteiger partial charge is 0.0124 e. The molecule has 0 spiro atoms. The monoisotopic (exact) mass is 250 g/mol. The molecule has 0 aromatic rings. The third-order valence-electron chi connectivity index (χ3n) is 5.63. The second kappa shape index (κ2) is 5.50. The summed E-state index contributed by atoms with van der Waals surface area (Å²) in [5, 5.41) is 3.61. The van der Waals surface area contributed by atoms with Crippen molar-refractivity contribution < 1.29 is 0 Å². The summed E-state index contributed by atoms with van der Waals surface area (Å²) in [6.45, 7) is 7.70. The van der Waals surface area contributed by atoms with Gasteiger partial charge in [-0.05, 0) is 62.9 Å². The second-order valence-electron chi connectivity index (χ2n) is 7.32. The van der Waals surface area contributed by atoms with Gasteiger partial charge in [-0.3, -0.25) is 4.90 Å². The molecule has 2 heterocycles. The van der Waals surface area contributed by atoms with Gasteiger partial charge in [-0.2, -0.15) is 0 Å². The molecule has 1 saturated carbocycles. The summed E-state index contributed by atoms with van der Waals surface area (Å²) in [5.41, 5.74) is 0.539. The first-order chi connectivity index (χ1) is 8.77. The Morgan fingerprint density at radius 3 is 2.78 bits per heavy atom. The maximum Gasteiger partial charge on any atom is 0.0124 e. The van der Waals surface area contributed by atoms with E-state index < -0.39 is 0 Å². The Bertz CT molecular complexity index is 268. The highest BCUT2D eigenvalue weighted by molar-refractivity contribution is 4.92. The third kappa shape index (κ3) is 2.75. The van der Waals surface area contributed by atoms with Gasteiger partial charge in [0.1, 0.15) is 0 Å². The van der Waals surface area contributed by atoms with Gasteiger partial charge in [-0.1, -0.05) is 19.8 Å². The first kappa shape index (κ1) is 12.9. The van der Waals surface area contributed by atoms with Crippen molar-refractivity contribution in [1.29, 1.82) is 0 Å². The number of fused-ring (bicyclic) bond motifs is 1. The van der Waals surface area contributed by atoms with Gasteiger partial charge in [0.2, 0.25) is 0 Å². The van der Waals surface area contributed by atoms with Crippen LogP contribution >= 0.6 is 0 Å². The molecule has 1 N–H and O–H groups in total. The highest BCUT2D eigenvalue weighted by Gasteiger charge is 2.37. The van der Waals surface area contributed by atoms with E-state index >= 15 is 0 Å². The van der Waals surface area contributed by atoms with E-state index in [1.165, 1.54) is 77.5 Å². The van der Waals surface area contributed by atoms with Crippen molar-refractivity contribution >= 4 is 0 Å². The van der Waals surface area contributed by atoms with Crippen molar-refractivity contribution in [2.75, 3.05) is 26.2 Å². The SMILES string of the molecule is CC1(CN2CCCC3CCCCC32)CCCNC1. The van der Waals surface area contributed by atoms with Gasteiger partial charge >= 0.3 is 0 Å². The van der Waals surface area contributed by atoms with Gasteiger partial charge in [-0.25, -0.2) is 0 Å². The fraction of sp³-hybridized carbons (Fsp3) is 1.00. The highest BCUT2D eigenvalue weighted by Crippen LogP contribution is 2.37. The summed E-state index contributed by atoms with van der Waals surface area (Å²) < 4.78 is 0. The molecule has 2 nitrogen and oxygen atoms in total. The number of likely N-dealkylation sites (tertiary alicyclic amines) is 1. The van der Waals surface area contributed by atoms with E-state index in [-0.39, 0.29) is 0 Å². The summed E-state index contributed by atoms with van der Waals surface area (Å²) >= 11 is 0. The van der Waals surface area contributed by atoms with E-state index in [0.717, 1.165) is 12.0 Å². The molecule has 2 aliphatic heterocycles. The van der Waals surface area contributed by atoms with Crippen LogP contribution < -0.4 is 5.32 Å². The van der Waals surface area contributed by atoms with Crippen molar-refractivity contribution in [3.8, 4) is 0 Å². The summed E-state index contributed by atoms with van der Waals surface area (Å²) in [5.74, 6) is 1.03. The Morgan fingerprint density at radius 2 is 1.94 bits per heavy atom. The van der Waals surface area contributed by atoms with Gasteiger partial charge in [-0.15, -0.1) is 0 Å². The van der Waals surface area contributed by atoms with Crippen molar-refractivity contribution in [1.82, 2.24) is 10.2 Å². The van der Waals surface area contributed by atoms with Crippen molar-refractivity contribution in [3.05, 3.63) is 0 Å². The van der Waals surface area contributed by atoms with Crippen LogP contribution in [0.2, 0.25) is 0 Å². The molecule has 104 valence electrons. The van der Waals surface area contributed by atoms with Crippen LogP contribution in [0.3, 0.4) is 0 Å². The molecule has 18 heavy (non-hydrogen) atoms. The number of nitrogens with zero attached hydrogens (tertiary/aromatic N) is 1. The maximum atomic E-state index is 3.61. The molecule has 1 aliphatic carbocycles. The molecule has 0 radical (unpaired) electrons. The molecule has 3 rings (SSSR count). The molecule has 3 atom stereocenters. The minimum Gasteiger partial charge on any atom is -0.316 e. The Labute approximate surface area is 113 Å². The molecule has 3 fully saturated rings. The Morgan fingerprint density at radius 1 is 1.11 bits per heavy atom. The minimum absolute atomic E-state index is 0.539. The summed E-state index contributed by atoms with van der Waals surface area (Å²) in [6, 6.07) is 0.936. The molecule has 3 unspecified atom stereocenters. The van der Waals surface area contributed by atoms with Crippen LogP contribution in [0.1, 0.15) is 58.3 Å². The van der Waals surface area contributed by atoms with Gasteiger partial charge in [0.05, 0.1) is 0 Å². The van der Waals surface area contributed by atoms with Crippen LogP contribution in [-0.4, -0.2) is 37.1 Å². The fourth-order valence-corrected chi connectivity index (χ4v) is 4.67. The predicted octanol–water partition coefficient (Wildman–Crippen LogP) is 3.03. The third-order valence-corrected chi connectivity index (χ3v) is 5.63. The lowest BCUT2D eigenvalue weighted by Gasteiger charge is -2.48. The first-order valence-electron chi connectivity index (χ1n) is 8.22. The zero-order chi connectivity index (χ0) is 12.4. The number of piperidine rings is 2. The fourth-order valence-electron chi connectivity index (χ4n) is 4.67. The van der Waals surface area contributed by atoms with Crippen LogP contribution in [0.15, 0.2) is 0 Å². The second-order valence-corrected chi connectivity index (χ2v) is 7.32. The summed E-state index contributed by atoms with van der Waals surface area (Å²) in [7, 11) is 0. The number of nitrogens with one attached hydrogen (secondary N) is 1. The highest BCUT2D eigenvalue weighted by atomic mass is 15.2. The van der Waals surface area contributed by atoms with Gasteiger partial charge in [0.25, 0.3) is 0 Å². The Hall–Kier alpha value is -0.0800. The van der Waals surface area contributed by atoms with Crippen LogP contribution in [-0.2, 0) is 0 Å². The molecule has 3 aliphatic rings. The van der Waals surface area contributed by atoms with Crippen LogP contribution in [0, 0.1) is 11.3 Å². The van der Waals surface area contributed by atoms with E-state index in [2.05, 4.69) is 17.1 Å². The topological polar surface area (TPSA) is 15.3 Å². The van der Waals surface area contributed by atoms with Crippen LogP contribution in [0.5, 0.6) is 0 Å². The van der Waals surface area contributed by atoms with E-state index in [4.69, 9.17) is 0 Å². The van der Waals surface area contributed by atoms with Gasteiger partial charge in [0, 0.05) is 19.1 Å². The zero-order valence-corrected chi connectivity index (χ0v) is 12.1. The zero-order valence-electron chi connectivity index (χ0n) is 12.1. The van der Waals surface area contributed by atoms with Crippen LogP contribution in [0.25, 0.3) is 0 Å². The summed E-state index contributed by atoms with van der Waals surface area (Å²) in [4.78, 5) is 2.88. The molecule has 0 aromatic heterocycles. The number of hydrogen-bond donors (Lipinski definition) is 1. The standard InChI is InChI=1S/C16H30N2/c1-16(9-5-10-17-12-16)13-18-11-4-7-14-6-2-3-8-15(14)18/h14-15,17H,2-13H2,1H3. The lowest BCUT2D eigenvalue weighted by molar-refractivity contribution is 0.0209. The maximum absolute atomic E-state index is 3.61. The minimum atomic E-state index is 0.539. The molecule has 0 amide bonds. The van der Waals surface area contributed by atoms with Crippen molar-refractivity contribution in [2.24, 2.45) is 11.3 Å². The van der Waals surface area contributed by atoms with Crippen LogP contribution in [0.4, 0.5) is 0 Å². The lowest BCUT2D eigenvalue weighted by Crippen LogP contribution is -2.53. The van der Waals surface area contributed by atoms with Crippen molar-refractivity contribution in [3.63, 3.8) is 0 Å². The molecular formula is C16H30N2. The van der Waals surface area contributed by atoms with E-state index in [1.807, 2.05) is 0 Å². The molecule has 2 saturated heterocycles. The number of hydrogen-bond acceptors (Lipinski definition) is 2. The molecule has 0 bridgehead atoms. The van der Waals surface area contributed by atoms with E-state index in [0.29, 0.717) is 5.41 Å². The quantitative estimate of drug-likeness (QED) is 0.810. The molecular weight excluding hydrogens is 220 g/mol. The Kier molecular flexibility index (Phi) is 3.95.